The van der Waals surface area contributed by atoms with Gasteiger partial charge in [0.15, 0.2) is 0 Å². The van der Waals surface area contributed by atoms with Gasteiger partial charge >= 0.3 is 11.9 Å². The first-order valence-corrected chi connectivity index (χ1v) is 12.9. The molecule has 214 valence electrons. The van der Waals surface area contributed by atoms with Crippen molar-refractivity contribution >= 4 is 35.5 Å². The SMILES string of the molecule is C.C.C=CC(=O)OC1CC(C)(C)N(Cl)C(C)(C)C1.CCC(C)C(=O)OC1CC(C)(C)N(Cl)C(C)(C)C1. The molecule has 8 heteroatoms. The molecule has 0 aromatic heterocycles. The van der Waals surface area contributed by atoms with Crippen LogP contribution in [0.3, 0.4) is 0 Å². The summed E-state index contributed by atoms with van der Waals surface area (Å²) in [6.45, 7) is 23.9. The van der Waals surface area contributed by atoms with Gasteiger partial charge in [-0.25, -0.2) is 13.6 Å². The molecule has 0 spiro atoms. The van der Waals surface area contributed by atoms with E-state index in [1.165, 1.54) is 6.08 Å². The Morgan fingerprint density at radius 1 is 0.833 bits per heavy atom. The van der Waals surface area contributed by atoms with Gasteiger partial charge in [0, 0.05) is 53.9 Å². The first-order chi connectivity index (χ1) is 15.3. The minimum atomic E-state index is -0.361. The lowest BCUT2D eigenvalue weighted by molar-refractivity contribution is -0.160. The van der Waals surface area contributed by atoms with E-state index in [0.717, 1.165) is 32.1 Å². The third kappa shape index (κ3) is 9.81. The van der Waals surface area contributed by atoms with E-state index in [4.69, 9.17) is 33.0 Å². The highest BCUT2D eigenvalue weighted by atomic mass is 35.5. The van der Waals surface area contributed by atoms with Crippen molar-refractivity contribution in [2.45, 2.75) is 151 Å². The van der Waals surface area contributed by atoms with Gasteiger partial charge in [-0.2, -0.15) is 0 Å². The molecule has 6 nitrogen and oxygen atoms in total. The topological polar surface area (TPSA) is 59.1 Å². The molecule has 2 aliphatic heterocycles. The highest BCUT2D eigenvalue weighted by Crippen LogP contribution is 2.42. The fraction of sp³-hybridized carbons (Fsp3) is 0.857. The molecule has 1 atom stereocenters. The van der Waals surface area contributed by atoms with Gasteiger partial charge in [0.2, 0.25) is 0 Å². The van der Waals surface area contributed by atoms with Crippen molar-refractivity contribution in [3.05, 3.63) is 12.7 Å². The van der Waals surface area contributed by atoms with Crippen molar-refractivity contribution in [2.75, 3.05) is 0 Å². The normalized spacial score (nSPS) is 24.0. The Balaban J connectivity index is 0. The maximum atomic E-state index is 11.9. The Bertz CT molecular complexity index is 701. The molecule has 0 aliphatic carbocycles. The van der Waals surface area contributed by atoms with E-state index in [9.17, 15) is 9.59 Å². The molecule has 0 amide bonds. The molecule has 2 fully saturated rings. The van der Waals surface area contributed by atoms with Crippen LogP contribution in [0.2, 0.25) is 0 Å². The van der Waals surface area contributed by atoms with E-state index < -0.39 is 0 Å². The van der Waals surface area contributed by atoms with Crippen molar-refractivity contribution < 1.29 is 19.1 Å². The molecule has 2 rings (SSSR count). The van der Waals surface area contributed by atoms with Gasteiger partial charge in [-0.1, -0.05) is 35.3 Å². The number of piperidine rings is 2. The summed E-state index contributed by atoms with van der Waals surface area (Å²) in [5, 5.41) is 0. The maximum absolute atomic E-state index is 11.9. The lowest BCUT2D eigenvalue weighted by Crippen LogP contribution is -2.58. The predicted molar refractivity (Wildman–Crippen MR) is 153 cm³/mol. The van der Waals surface area contributed by atoms with E-state index in [-0.39, 0.29) is 67.1 Å². The van der Waals surface area contributed by atoms with Crippen molar-refractivity contribution in [2.24, 2.45) is 5.92 Å². The van der Waals surface area contributed by atoms with Gasteiger partial charge in [0.05, 0.1) is 5.92 Å². The second-order valence-corrected chi connectivity index (χ2v) is 12.9. The number of esters is 2. The lowest BCUT2D eigenvalue weighted by atomic mass is 9.81. The second kappa shape index (κ2) is 13.8. The Kier molecular flexibility index (Phi) is 14.3. The maximum Gasteiger partial charge on any atom is 0.330 e. The van der Waals surface area contributed by atoms with Gasteiger partial charge in [-0.3, -0.25) is 4.79 Å². The summed E-state index contributed by atoms with van der Waals surface area (Å²) < 4.78 is 14.7. The molecule has 0 radical (unpaired) electrons. The smallest absolute Gasteiger partial charge is 0.330 e. The Morgan fingerprint density at radius 3 is 1.42 bits per heavy atom. The molecule has 36 heavy (non-hydrogen) atoms. The van der Waals surface area contributed by atoms with Crippen LogP contribution in [0.5, 0.6) is 0 Å². The van der Waals surface area contributed by atoms with Crippen LogP contribution in [-0.2, 0) is 19.1 Å². The number of carbonyl (C=O) groups excluding carboxylic acids is 2. The van der Waals surface area contributed by atoms with Gasteiger partial charge in [0.1, 0.15) is 12.2 Å². The molecule has 0 saturated carbocycles. The predicted octanol–water partition coefficient (Wildman–Crippen LogP) is 7.91. The standard InChI is InChI=1S/C14H26ClNO2.C12H20ClNO2.2CH4/c1-7-10(2)12(17)18-11-8-13(3,4)16(15)14(5,6)9-11;1-6-10(15)16-9-7-11(2,3)14(13)12(4,5)8-9;;/h10-11H,7-9H2,1-6H3;6,9H,1,7-8H2,2-5H3;2*1H4. The molecule has 2 heterocycles. The number of nitrogens with zero attached hydrogens (tertiary/aromatic N) is 2. The minimum absolute atomic E-state index is 0. The van der Waals surface area contributed by atoms with E-state index in [1.54, 1.807) is 0 Å². The Morgan fingerprint density at radius 2 is 1.14 bits per heavy atom. The van der Waals surface area contributed by atoms with Crippen LogP contribution in [0.15, 0.2) is 12.7 Å². The molecular formula is C28H54Cl2N2O4. The molecule has 0 aromatic rings. The molecule has 2 aliphatic rings. The summed E-state index contributed by atoms with van der Waals surface area (Å²) in [6, 6.07) is 0. The number of ether oxygens (including phenoxy) is 2. The summed E-state index contributed by atoms with van der Waals surface area (Å²) >= 11 is 12.7. The van der Waals surface area contributed by atoms with Crippen molar-refractivity contribution in [1.82, 2.24) is 8.84 Å². The number of hydrogen-bond donors (Lipinski definition) is 0. The monoisotopic (exact) mass is 552 g/mol. The summed E-state index contributed by atoms with van der Waals surface area (Å²) in [7, 11) is 0. The molecule has 0 aromatic carbocycles. The van der Waals surface area contributed by atoms with E-state index in [0.29, 0.717) is 0 Å². The van der Waals surface area contributed by atoms with Crippen LogP contribution in [-0.4, -0.2) is 55.1 Å². The van der Waals surface area contributed by atoms with Crippen LogP contribution >= 0.6 is 23.6 Å². The second-order valence-electron chi connectivity index (χ2n) is 12.3. The van der Waals surface area contributed by atoms with Crippen LogP contribution in [0.1, 0.15) is 116 Å². The summed E-state index contributed by atoms with van der Waals surface area (Å²) in [4.78, 5) is 23.1. The van der Waals surface area contributed by atoms with Crippen LogP contribution in [0.4, 0.5) is 0 Å². The fourth-order valence-electron chi connectivity index (χ4n) is 5.16. The van der Waals surface area contributed by atoms with E-state index in [1.807, 2.05) is 22.7 Å². The molecule has 1 unspecified atom stereocenters. The Hall–Kier alpha value is -0.820. The van der Waals surface area contributed by atoms with E-state index in [2.05, 4.69) is 62.0 Å². The quantitative estimate of drug-likeness (QED) is 0.196. The first-order valence-electron chi connectivity index (χ1n) is 12.2. The number of hydrogen-bond acceptors (Lipinski definition) is 6. The fourth-order valence-corrected chi connectivity index (χ4v) is 5.43. The third-order valence-electron chi connectivity index (χ3n) is 6.78. The molecule has 0 bridgehead atoms. The van der Waals surface area contributed by atoms with E-state index >= 15 is 0 Å². The van der Waals surface area contributed by atoms with Crippen LogP contribution in [0, 0.1) is 5.92 Å². The highest BCUT2D eigenvalue weighted by molar-refractivity contribution is 6.14. The molecular weight excluding hydrogens is 499 g/mol. The minimum Gasteiger partial charge on any atom is -0.462 e. The number of rotatable bonds is 5. The number of halogens is 2. The zero-order valence-electron chi connectivity index (χ0n) is 22.8. The first kappa shape index (κ1) is 37.3. The summed E-state index contributed by atoms with van der Waals surface area (Å²) in [5.74, 6) is -0.470. The summed E-state index contributed by atoms with van der Waals surface area (Å²) in [6.07, 6.45) is 4.92. The third-order valence-corrected chi connectivity index (χ3v) is 8.61. The summed E-state index contributed by atoms with van der Waals surface area (Å²) in [5.41, 5.74) is -0.696. The largest absolute Gasteiger partial charge is 0.462 e. The van der Waals surface area contributed by atoms with Crippen molar-refractivity contribution in [3.63, 3.8) is 0 Å². The van der Waals surface area contributed by atoms with Crippen molar-refractivity contribution in [3.8, 4) is 0 Å². The van der Waals surface area contributed by atoms with Crippen LogP contribution in [0.25, 0.3) is 0 Å². The van der Waals surface area contributed by atoms with Gasteiger partial charge in [-0.05, 0) is 85.4 Å². The van der Waals surface area contributed by atoms with Crippen molar-refractivity contribution in [1.29, 1.82) is 0 Å². The van der Waals surface area contributed by atoms with Gasteiger partial charge < -0.3 is 9.47 Å². The Labute approximate surface area is 232 Å². The average molecular weight is 554 g/mol. The zero-order valence-corrected chi connectivity index (χ0v) is 24.3. The zero-order chi connectivity index (χ0) is 26.7. The highest BCUT2D eigenvalue weighted by Gasteiger charge is 2.47. The molecule has 2 saturated heterocycles. The average Bonchev–Trinajstić information content (AvgIpc) is 2.69. The lowest BCUT2D eigenvalue weighted by Gasteiger charge is -2.50. The van der Waals surface area contributed by atoms with Gasteiger partial charge in [0.25, 0.3) is 0 Å². The number of carbonyl (C=O) groups is 2. The van der Waals surface area contributed by atoms with Gasteiger partial charge in [-0.15, -0.1) is 0 Å². The van der Waals surface area contributed by atoms with Crippen LogP contribution < -0.4 is 0 Å². The molecule has 0 N–H and O–H groups in total.